The van der Waals surface area contributed by atoms with Crippen molar-refractivity contribution in [2.75, 3.05) is 40.3 Å². The van der Waals surface area contributed by atoms with Gasteiger partial charge in [0.15, 0.2) is 5.78 Å². The zero-order chi connectivity index (χ0) is 28.6. The molecule has 3 aromatic rings. The lowest BCUT2D eigenvalue weighted by molar-refractivity contribution is -0.127. The van der Waals surface area contributed by atoms with Gasteiger partial charge in [0.05, 0.1) is 19.1 Å². The average Bonchev–Trinajstić information content (AvgIpc) is 3.56. The maximum absolute atomic E-state index is 15.0. The van der Waals surface area contributed by atoms with E-state index in [0.29, 0.717) is 42.8 Å². The van der Waals surface area contributed by atoms with Crippen LogP contribution >= 0.6 is 0 Å². The summed E-state index contributed by atoms with van der Waals surface area (Å²) < 4.78 is 26.2. The molecule has 0 unspecified atom stereocenters. The summed E-state index contributed by atoms with van der Waals surface area (Å²) in [6, 6.07) is 9.27. The highest BCUT2D eigenvalue weighted by Gasteiger charge is 2.53. The molecule has 0 radical (unpaired) electrons. The summed E-state index contributed by atoms with van der Waals surface area (Å²) in [6.07, 6.45) is 0.470. The second-order valence-electron chi connectivity index (χ2n) is 10.4. The van der Waals surface area contributed by atoms with Crippen LogP contribution in [0, 0.1) is 5.82 Å². The van der Waals surface area contributed by atoms with Crippen LogP contribution in [0.4, 0.5) is 4.39 Å². The van der Waals surface area contributed by atoms with Crippen molar-refractivity contribution in [1.29, 1.82) is 0 Å². The van der Waals surface area contributed by atoms with Crippen molar-refractivity contribution in [3.8, 4) is 5.75 Å². The molecule has 2 aliphatic heterocycles. The third-order valence-corrected chi connectivity index (χ3v) is 7.64. The Balaban J connectivity index is 1.42. The molecule has 1 aromatic heterocycles. The first-order valence-electron chi connectivity index (χ1n) is 13.1. The summed E-state index contributed by atoms with van der Waals surface area (Å²) in [4.78, 5) is 55.2. The number of ether oxygens (including phenoxy) is 1. The minimum atomic E-state index is -1.51. The van der Waals surface area contributed by atoms with Crippen LogP contribution in [0.5, 0.6) is 5.75 Å². The van der Waals surface area contributed by atoms with Gasteiger partial charge in [0, 0.05) is 49.6 Å². The third kappa shape index (κ3) is 4.98. The van der Waals surface area contributed by atoms with E-state index in [1.165, 1.54) is 18.1 Å². The number of likely N-dealkylation sites (N-methyl/N-ethyl adjacent to an activating group) is 1. The molecule has 10 nitrogen and oxygen atoms in total. The van der Waals surface area contributed by atoms with Crippen LogP contribution in [-0.2, 0) is 21.5 Å². The second kappa shape index (κ2) is 10.8. The number of furan rings is 1. The molecule has 3 amide bonds. The van der Waals surface area contributed by atoms with Crippen molar-refractivity contribution in [3.05, 3.63) is 64.7 Å². The van der Waals surface area contributed by atoms with Crippen LogP contribution in [0.15, 0.2) is 40.8 Å². The summed E-state index contributed by atoms with van der Waals surface area (Å²) in [7, 11) is 3.41. The summed E-state index contributed by atoms with van der Waals surface area (Å²) in [5, 5.41) is 2.75. The Hall–Kier alpha value is -4.09. The highest BCUT2D eigenvalue weighted by atomic mass is 19.1. The molecule has 11 heteroatoms. The highest BCUT2D eigenvalue weighted by molar-refractivity contribution is 6.10. The van der Waals surface area contributed by atoms with Gasteiger partial charge >= 0.3 is 0 Å². The number of nitrogens with one attached hydrogen (secondary N) is 1. The topological polar surface area (TPSA) is 135 Å². The molecule has 1 atom stereocenters. The van der Waals surface area contributed by atoms with Gasteiger partial charge in [-0.3, -0.25) is 24.5 Å². The van der Waals surface area contributed by atoms with E-state index in [1.807, 2.05) is 11.9 Å². The second-order valence-corrected chi connectivity index (χ2v) is 10.4. The number of carbonyl (C=O) groups excluding carboxylic acids is 4. The number of nitrogens with zero attached hydrogens (tertiary/aromatic N) is 2. The smallest absolute Gasteiger partial charge is 0.254 e. The van der Waals surface area contributed by atoms with E-state index in [0.717, 1.165) is 11.6 Å². The van der Waals surface area contributed by atoms with Crippen molar-refractivity contribution in [1.82, 2.24) is 15.1 Å². The monoisotopic (exact) mass is 550 g/mol. The molecule has 0 saturated carbocycles. The lowest BCUT2D eigenvalue weighted by Gasteiger charge is -2.28. The van der Waals surface area contributed by atoms with Gasteiger partial charge in [-0.2, -0.15) is 0 Å². The van der Waals surface area contributed by atoms with Crippen molar-refractivity contribution >= 4 is 34.5 Å². The van der Waals surface area contributed by atoms with Crippen LogP contribution in [0.2, 0.25) is 0 Å². The van der Waals surface area contributed by atoms with Crippen molar-refractivity contribution in [2.24, 2.45) is 5.73 Å². The normalized spacial score (nSPS) is 18.6. The van der Waals surface area contributed by atoms with E-state index >= 15 is 0 Å². The molecule has 5 rings (SSSR count). The van der Waals surface area contributed by atoms with E-state index in [2.05, 4.69) is 5.32 Å². The van der Waals surface area contributed by atoms with Gasteiger partial charge in [-0.15, -0.1) is 0 Å². The van der Waals surface area contributed by atoms with E-state index in [4.69, 9.17) is 14.9 Å². The van der Waals surface area contributed by atoms with Gasteiger partial charge in [-0.05, 0) is 49.8 Å². The first-order chi connectivity index (χ1) is 19.1. The van der Waals surface area contributed by atoms with E-state index in [-0.39, 0.29) is 54.5 Å². The van der Waals surface area contributed by atoms with Gasteiger partial charge in [-0.1, -0.05) is 6.07 Å². The van der Waals surface area contributed by atoms with Crippen LogP contribution in [-0.4, -0.2) is 73.6 Å². The lowest BCUT2D eigenvalue weighted by atomic mass is 9.82. The number of halogens is 1. The minimum Gasteiger partial charge on any atom is -0.497 e. The molecule has 1 fully saturated rings. The number of hydrogen-bond donors (Lipinski definition) is 2. The predicted molar refractivity (Wildman–Crippen MR) is 143 cm³/mol. The maximum Gasteiger partial charge on any atom is 0.254 e. The van der Waals surface area contributed by atoms with Gasteiger partial charge in [-0.25, -0.2) is 4.39 Å². The molecule has 0 aliphatic carbocycles. The quantitative estimate of drug-likeness (QED) is 0.275. The molecule has 2 aromatic carbocycles. The zero-order valence-corrected chi connectivity index (χ0v) is 22.4. The number of imide groups is 1. The Morgan fingerprint density at radius 3 is 2.70 bits per heavy atom. The number of nitrogens with two attached hydrogens (primary N) is 1. The van der Waals surface area contributed by atoms with E-state index < -0.39 is 23.0 Å². The van der Waals surface area contributed by atoms with Crippen LogP contribution < -0.4 is 15.8 Å². The number of ketones is 1. The summed E-state index contributed by atoms with van der Waals surface area (Å²) in [5.74, 6) is -1.82. The number of hydrogen-bond acceptors (Lipinski definition) is 8. The Bertz CT molecular complexity index is 1520. The maximum atomic E-state index is 15.0. The molecule has 1 saturated heterocycles. The Morgan fingerprint density at radius 2 is 2.00 bits per heavy atom. The number of carbonyl (C=O) groups is 4. The molecular formula is C29H31FN4O6. The molecule has 3 N–H and O–H groups in total. The Labute approximate surface area is 230 Å². The number of rotatable bonds is 11. The minimum absolute atomic E-state index is 0.0681. The zero-order valence-electron chi connectivity index (χ0n) is 22.4. The third-order valence-electron chi connectivity index (χ3n) is 7.64. The molecule has 210 valence electrons. The SMILES string of the molecule is COc1ccc2c(c1)C(=O)N(C[C@@]1(c3cc4cc(C(=O)CCCN(C)CCN)c(F)cc4o3)CC(=O)NC1=O)C2. The number of amides is 3. The summed E-state index contributed by atoms with van der Waals surface area (Å²) in [5.41, 5.74) is 5.34. The van der Waals surface area contributed by atoms with Gasteiger partial charge < -0.3 is 24.7 Å². The molecular weight excluding hydrogens is 519 g/mol. The Kier molecular flexibility index (Phi) is 7.43. The van der Waals surface area contributed by atoms with Crippen LogP contribution in [0.3, 0.4) is 0 Å². The molecule has 0 spiro atoms. The molecule has 0 bridgehead atoms. The van der Waals surface area contributed by atoms with Gasteiger partial charge in [0.25, 0.3) is 5.91 Å². The van der Waals surface area contributed by atoms with E-state index in [1.54, 1.807) is 24.3 Å². The lowest BCUT2D eigenvalue weighted by Crippen LogP contribution is -2.46. The largest absolute Gasteiger partial charge is 0.497 e. The molecule has 2 aliphatic rings. The van der Waals surface area contributed by atoms with Crippen molar-refractivity contribution < 1.29 is 32.7 Å². The van der Waals surface area contributed by atoms with Crippen LogP contribution in [0.25, 0.3) is 11.0 Å². The number of benzene rings is 2. The predicted octanol–water partition coefficient (Wildman–Crippen LogP) is 2.37. The average molecular weight is 551 g/mol. The van der Waals surface area contributed by atoms with Crippen molar-refractivity contribution in [3.63, 3.8) is 0 Å². The van der Waals surface area contributed by atoms with Gasteiger partial charge in [0.1, 0.15) is 28.3 Å². The number of Topliss-reactive ketones (excluding diaryl/α,β-unsaturated/α-hetero) is 1. The highest BCUT2D eigenvalue weighted by Crippen LogP contribution is 2.39. The fourth-order valence-corrected chi connectivity index (χ4v) is 5.46. The fourth-order valence-electron chi connectivity index (χ4n) is 5.46. The van der Waals surface area contributed by atoms with Gasteiger partial charge in [0.2, 0.25) is 11.8 Å². The first-order valence-corrected chi connectivity index (χ1v) is 13.1. The fraction of sp³-hybridized carbons (Fsp3) is 0.379. The standard InChI is InChI=1S/C29H31FN4O6/c1-33(9-7-31)8-3-4-23(35)21-10-18-11-25(40-24(18)13-22(21)30)29(14-26(36)32-28(29)38)16-34-15-17-5-6-19(39-2)12-20(17)27(34)37/h5-6,10-13H,3-4,7-9,14-16,31H2,1-2H3,(H,32,36,38)/t29-/m1/s1. The molecule has 3 heterocycles. The van der Waals surface area contributed by atoms with Crippen LogP contribution in [0.1, 0.15) is 51.3 Å². The number of fused-ring (bicyclic) bond motifs is 2. The number of methoxy groups -OCH3 is 1. The first kappa shape index (κ1) is 27.5. The van der Waals surface area contributed by atoms with E-state index in [9.17, 15) is 23.6 Å². The summed E-state index contributed by atoms with van der Waals surface area (Å²) in [6.45, 7) is 1.99. The summed E-state index contributed by atoms with van der Waals surface area (Å²) >= 11 is 0. The van der Waals surface area contributed by atoms with Crippen molar-refractivity contribution in [2.45, 2.75) is 31.2 Å². The molecule has 40 heavy (non-hydrogen) atoms. The Morgan fingerprint density at radius 1 is 1.20 bits per heavy atom.